The van der Waals surface area contributed by atoms with Gasteiger partial charge in [-0.25, -0.2) is 0 Å². The van der Waals surface area contributed by atoms with E-state index in [1.54, 1.807) is 6.07 Å². The summed E-state index contributed by atoms with van der Waals surface area (Å²) >= 11 is 0. The normalized spacial score (nSPS) is 15.4. The van der Waals surface area contributed by atoms with Gasteiger partial charge in [0.1, 0.15) is 6.04 Å². The van der Waals surface area contributed by atoms with Gasteiger partial charge in [0.25, 0.3) is 5.91 Å². The lowest BCUT2D eigenvalue weighted by Crippen LogP contribution is -2.42. The molecular formula is C21H18N4O4. The van der Waals surface area contributed by atoms with Crippen molar-refractivity contribution in [2.24, 2.45) is 0 Å². The van der Waals surface area contributed by atoms with Crippen molar-refractivity contribution in [3.05, 3.63) is 53.2 Å². The van der Waals surface area contributed by atoms with Crippen molar-refractivity contribution in [3.63, 3.8) is 0 Å². The number of amides is 2. The zero-order chi connectivity index (χ0) is 20.8. The Bertz CT molecular complexity index is 1010. The van der Waals surface area contributed by atoms with E-state index in [-0.39, 0.29) is 23.6 Å². The van der Waals surface area contributed by atoms with E-state index in [0.717, 1.165) is 6.42 Å². The zero-order valence-corrected chi connectivity index (χ0v) is 15.5. The van der Waals surface area contributed by atoms with Gasteiger partial charge in [-0.2, -0.15) is 5.26 Å². The van der Waals surface area contributed by atoms with Crippen molar-refractivity contribution in [2.75, 3.05) is 13.1 Å². The summed E-state index contributed by atoms with van der Waals surface area (Å²) in [5, 5.41) is 11.6. The Morgan fingerprint density at radius 1 is 1.21 bits per heavy atom. The fraction of sp³-hybridized carbons (Fsp3) is 0.238. The highest BCUT2D eigenvalue weighted by Gasteiger charge is 2.28. The molecule has 0 aliphatic carbocycles. The minimum atomic E-state index is -0.449. The minimum Gasteiger partial charge on any atom is -0.343 e. The van der Waals surface area contributed by atoms with Gasteiger partial charge in [-0.3, -0.25) is 24.2 Å². The molecule has 1 atom stereocenters. The second kappa shape index (κ2) is 8.89. The van der Waals surface area contributed by atoms with Crippen molar-refractivity contribution in [1.29, 1.82) is 5.26 Å². The van der Waals surface area contributed by atoms with E-state index in [4.69, 9.17) is 5.26 Å². The Morgan fingerprint density at radius 3 is 2.72 bits per heavy atom. The third-order valence-electron chi connectivity index (χ3n) is 4.78. The molecule has 1 aliphatic rings. The zero-order valence-electron chi connectivity index (χ0n) is 15.5. The van der Waals surface area contributed by atoms with Gasteiger partial charge < -0.3 is 10.2 Å². The molecule has 8 nitrogen and oxygen atoms in total. The largest absolute Gasteiger partial charge is 0.343 e. The van der Waals surface area contributed by atoms with Crippen LogP contribution in [0.3, 0.4) is 0 Å². The van der Waals surface area contributed by atoms with Crippen LogP contribution in [0.4, 0.5) is 0 Å². The summed E-state index contributed by atoms with van der Waals surface area (Å²) in [6, 6.07) is 9.39. The first-order chi connectivity index (χ1) is 14.1. The quantitative estimate of drug-likeness (QED) is 0.748. The van der Waals surface area contributed by atoms with Gasteiger partial charge in [-0.15, -0.1) is 0 Å². The van der Waals surface area contributed by atoms with Crippen molar-refractivity contribution < 1.29 is 19.2 Å². The molecule has 1 saturated heterocycles. The number of nitriles is 1. The molecule has 0 radical (unpaired) electrons. The van der Waals surface area contributed by atoms with Crippen LogP contribution in [0.5, 0.6) is 0 Å². The molecule has 1 aromatic carbocycles. The van der Waals surface area contributed by atoms with Gasteiger partial charge in [0.2, 0.25) is 5.91 Å². The number of likely N-dealkylation sites (tertiary alicyclic amines) is 1. The molecule has 1 fully saturated rings. The summed E-state index contributed by atoms with van der Waals surface area (Å²) in [5.41, 5.74) is 1.84. The molecule has 3 rings (SSSR count). The van der Waals surface area contributed by atoms with E-state index in [1.807, 2.05) is 0 Å². The molecule has 8 heteroatoms. The van der Waals surface area contributed by atoms with E-state index in [2.05, 4.69) is 16.4 Å². The molecule has 0 bridgehead atoms. The number of pyridine rings is 1. The Morgan fingerprint density at radius 2 is 2.00 bits per heavy atom. The van der Waals surface area contributed by atoms with E-state index >= 15 is 0 Å². The maximum absolute atomic E-state index is 12.4. The van der Waals surface area contributed by atoms with Crippen LogP contribution in [0, 0.1) is 11.3 Å². The van der Waals surface area contributed by atoms with Crippen LogP contribution in [0.25, 0.3) is 11.3 Å². The third-order valence-corrected chi connectivity index (χ3v) is 4.78. The van der Waals surface area contributed by atoms with E-state index in [1.165, 1.54) is 35.4 Å². The summed E-state index contributed by atoms with van der Waals surface area (Å²) in [5.74, 6) is -0.744. The smallest absolute Gasteiger partial charge is 0.251 e. The second-order valence-corrected chi connectivity index (χ2v) is 6.57. The van der Waals surface area contributed by atoms with Crippen LogP contribution in [0.15, 0.2) is 36.5 Å². The number of carbonyl (C=O) groups is 4. The predicted molar refractivity (Wildman–Crippen MR) is 103 cm³/mol. The first-order valence-corrected chi connectivity index (χ1v) is 9.05. The van der Waals surface area contributed by atoms with E-state index in [9.17, 15) is 19.2 Å². The summed E-state index contributed by atoms with van der Waals surface area (Å²) in [6.45, 7) is 0.320. The molecule has 1 aliphatic heterocycles. The number of benzene rings is 1. The highest BCUT2D eigenvalue weighted by atomic mass is 16.2. The molecule has 29 heavy (non-hydrogen) atoms. The minimum absolute atomic E-state index is 0.196. The second-order valence-electron chi connectivity index (χ2n) is 6.57. The van der Waals surface area contributed by atoms with Gasteiger partial charge in [0.05, 0.1) is 18.3 Å². The molecule has 0 saturated carbocycles. The van der Waals surface area contributed by atoms with Gasteiger partial charge in [0.15, 0.2) is 12.6 Å². The van der Waals surface area contributed by atoms with Crippen LogP contribution >= 0.6 is 0 Å². The number of nitrogens with zero attached hydrogens (tertiary/aromatic N) is 3. The molecule has 146 valence electrons. The Hall–Kier alpha value is -3.86. The first kappa shape index (κ1) is 19.9. The van der Waals surface area contributed by atoms with Crippen LogP contribution in [0.2, 0.25) is 0 Å². The predicted octanol–water partition coefficient (Wildman–Crippen LogP) is 1.62. The Labute approximate surface area is 167 Å². The fourth-order valence-electron chi connectivity index (χ4n) is 3.23. The van der Waals surface area contributed by atoms with Crippen LogP contribution < -0.4 is 5.32 Å². The number of rotatable bonds is 6. The average Bonchev–Trinajstić information content (AvgIpc) is 3.25. The van der Waals surface area contributed by atoms with E-state index < -0.39 is 11.9 Å². The summed E-state index contributed by atoms with van der Waals surface area (Å²) in [7, 11) is 0. The van der Waals surface area contributed by atoms with Crippen molar-refractivity contribution >= 4 is 24.4 Å². The molecule has 0 spiro atoms. The van der Waals surface area contributed by atoms with Crippen molar-refractivity contribution in [2.45, 2.75) is 18.9 Å². The topological polar surface area (TPSA) is 120 Å². The number of aromatic nitrogens is 1. The lowest BCUT2D eigenvalue weighted by Gasteiger charge is -2.19. The third kappa shape index (κ3) is 4.35. The van der Waals surface area contributed by atoms with Crippen LogP contribution in [-0.4, -0.2) is 53.4 Å². The van der Waals surface area contributed by atoms with Gasteiger partial charge >= 0.3 is 0 Å². The lowest BCUT2D eigenvalue weighted by molar-refractivity contribution is -0.130. The monoisotopic (exact) mass is 390 g/mol. The van der Waals surface area contributed by atoms with Gasteiger partial charge in [-0.1, -0.05) is 12.1 Å². The number of aldehydes is 2. The van der Waals surface area contributed by atoms with Gasteiger partial charge in [-0.05, 0) is 31.0 Å². The fourth-order valence-corrected chi connectivity index (χ4v) is 3.23. The molecule has 2 heterocycles. The number of hydrogen-bond donors (Lipinski definition) is 1. The molecule has 1 aromatic heterocycles. The van der Waals surface area contributed by atoms with Crippen molar-refractivity contribution in [3.8, 4) is 17.3 Å². The molecule has 0 unspecified atom stereocenters. The molecule has 1 N–H and O–H groups in total. The highest BCUT2D eigenvalue weighted by Crippen LogP contribution is 2.21. The van der Waals surface area contributed by atoms with Crippen molar-refractivity contribution in [1.82, 2.24) is 15.2 Å². The number of hydrogen-bond acceptors (Lipinski definition) is 6. The summed E-state index contributed by atoms with van der Waals surface area (Å²) < 4.78 is 0. The number of nitrogens with one attached hydrogen (secondary N) is 1. The maximum Gasteiger partial charge on any atom is 0.251 e. The molecular weight excluding hydrogens is 372 g/mol. The molecule has 2 amide bonds. The lowest BCUT2D eigenvalue weighted by atomic mass is 10.0. The molecule has 2 aromatic rings. The summed E-state index contributed by atoms with van der Waals surface area (Å²) in [6.07, 6.45) is 4.06. The summed E-state index contributed by atoms with van der Waals surface area (Å²) in [4.78, 5) is 52.5. The number of carbonyl (C=O) groups excluding carboxylic acids is 4. The average molecular weight is 390 g/mol. The van der Waals surface area contributed by atoms with Gasteiger partial charge in [0, 0.05) is 35.0 Å². The first-order valence-electron chi connectivity index (χ1n) is 9.05. The highest BCUT2D eigenvalue weighted by molar-refractivity contribution is 5.97. The van der Waals surface area contributed by atoms with E-state index in [0.29, 0.717) is 42.4 Å². The van der Waals surface area contributed by atoms with Crippen LogP contribution in [0.1, 0.15) is 43.9 Å². The standard InChI is InChI=1S/C21H18N4O4/c22-10-18-2-1-7-25(18)20(28)11-24-21(29)15-5-6-23-19(9-15)14-3-4-16(12-26)17(8-14)13-27/h3-6,8-9,12-13,18H,1-2,7,11H2,(H,24,29)/t18-/m0/s1. The Balaban J connectivity index is 1.71. The maximum atomic E-state index is 12.4. The SMILES string of the molecule is N#C[C@@H]1CCCN1C(=O)CNC(=O)c1ccnc(-c2ccc(C=O)c(C=O)c2)c1. The van der Waals surface area contributed by atoms with Crippen LogP contribution in [-0.2, 0) is 4.79 Å². The Kier molecular flexibility index (Phi) is 6.09.